The topological polar surface area (TPSA) is 35.5 Å². The van der Waals surface area contributed by atoms with Gasteiger partial charge in [0.2, 0.25) is 0 Å². The number of halogens is 4. The van der Waals surface area contributed by atoms with Crippen molar-refractivity contribution < 1.29 is 22.7 Å². The van der Waals surface area contributed by atoms with Crippen molar-refractivity contribution in [3.8, 4) is 5.75 Å². The van der Waals surface area contributed by atoms with Crippen LogP contribution in [0, 0.1) is 12.7 Å². The Morgan fingerprint density at radius 1 is 1.25 bits per heavy atom. The number of phenols is 1. The molecule has 20 heavy (non-hydrogen) atoms. The minimum Gasteiger partial charge on any atom is -0.505 e. The number of phenolic OH excluding ortho intramolecular Hbond substituents is 1. The number of rotatable bonds is 2. The predicted octanol–water partition coefficient (Wildman–Crippen LogP) is 2.35. The fourth-order valence-corrected chi connectivity index (χ4v) is 2.49. The molecule has 1 aromatic rings. The van der Waals surface area contributed by atoms with Gasteiger partial charge in [0.15, 0.2) is 11.6 Å². The normalized spacial score (nSPS) is 19.1. The molecule has 2 N–H and O–H groups in total. The van der Waals surface area contributed by atoms with E-state index in [9.17, 15) is 22.7 Å². The van der Waals surface area contributed by atoms with E-state index in [1.165, 1.54) is 17.9 Å². The lowest BCUT2D eigenvalue weighted by molar-refractivity contribution is -0.188. The summed E-state index contributed by atoms with van der Waals surface area (Å²) >= 11 is 0. The van der Waals surface area contributed by atoms with E-state index in [4.69, 9.17) is 0 Å². The van der Waals surface area contributed by atoms with Crippen LogP contribution >= 0.6 is 0 Å². The first-order valence-electron chi connectivity index (χ1n) is 6.31. The molecule has 1 aliphatic heterocycles. The van der Waals surface area contributed by atoms with Crippen molar-refractivity contribution in [1.29, 1.82) is 0 Å². The molecule has 0 aliphatic carbocycles. The molecule has 0 bridgehead atoms. The Bertz CT molecular complexity index is 484. The highest BCUT2D eigenvalue weighted by molar-refractivity contribution is 5.40. The molecule has 2 rings (SSSR count). The average Bonchev–Trinajstić information content (AvgIpc) is 2.35. The van der Waals surface area contributed by atoms with Crippen LogP contribution in [0.2, 0.25) is 0 Å². The van der Waals surface area contributed by atoms with Gasteiger partial charge in [-0.15, -0.1) is 0 Å². The van der Waals surface area contributed by atoms with Crippen LogP contribution in [0.4, 0.5) is 17.6 Å². The minimum absolute atomic E-state index is 0.194. The summed E-state index contributed by atoms with van der Waals surface area (Å²) in [6.45, 7) is 2.75. The number of nitrogens with one attached hydrogen (secondary N) is 1. The molecule has 3 nitrogen and oxygen atoms in total. The van der Waals surface area contributed by atoms with E-state index in [2.05, 4.69) is 5.32 Å². The number of hydrogen-bond acceptors (Lipinski definition) is 3. The van der Waals surface area contributed by atoms with E-state index in [-0.39, 0.29) is 13.1 Å². The Morgan fingerprint density at radius 3 is 2.40 bits per heavy atom. The quantitative estimate of drug-likeness (QED) is 0.821. The summed E-state index contributed by atoms with van der Waals surface area (Å²) in [7, 11) is 0. The second kappa shape index (κ2) is 5.57. The Kier molecular flexibility index (Phi) is 4.19. The molecule has 0 unspecified atom stereocenters. The van der Waals surface area contributed by atoms with Crippen LogP contribution in [-0.2, 0) is 0 Å². The number of aromatic hydroxyl groups is 1. The first-order valence-corrected chi connectivity index (χ1v) is 6.31. The summed E-state index contributed by atoms with van der Waals surface area (Å²) in [6, 6.07) is 0.224. The zero-order chi connectivity index (χ0) is 14.9. The summed E-state index contributed by atoms with van der Waals surface area (Å²) < 4.78 is 53.5. The van der Waals surface area contributed by atoms with Crippen molar-refractivity contribution in [2.24, 2.45) is 0 Å². The van der Waals surface area contributed by atoms with Gasteiger partial charge < -0.3 is 10.4 Å². The van der Waals surface area contributed by atoms with Gasteiger partial charge in [0.25, 0.3) is 0 Å². The second-order valence-corrected chi connectivity index (χ2v) is 4.91. The maximum Gasteiger partial charge on any atom is 0.408 e. The SMILES string of the molecule is Cc1cc(F)c(O)c([C@H](N2CCNCC2)C(F)(F)F)c1. The summed E-state index contributed by atoms with van der Waals surface area (Å²) in [6.07, 6.45) is -4.57. The van der Waals surface area contributed by atoms with E-state index >= 15 is 0 Å². The van der Waals surface area contributed by atoms with E-state index < -0.39 is 29.3 Å². The molecule has 0 amide bonds. The summed E-state index contributed by atoms with van der Waals surface area (Å²) in [5.74, 6) is -1.94. The van der Waals surface area contributed by atoms with Gasteiger partial charge in [-0.25, -0.2) is 4.39 Å². The fourth-order valence-electron chi connectivity index (χ4n) is 2.49. The molecule has 0 aromatic heterocycles. The van der Waals surface area contributed by atoms with E-state index in [1.54, 1.807) is 0 Å². The summed E-state index contributed by atoms with van der Waals surface area (Å²) in [5, 5.41) is 12.6. The third-order valence-electron chi connectivity index (χ3n) is 3.36. The first kappa shape index (κ1) is 15.1. The average molecular weight is 292 g/mol. The smallest absolute Gasteiger partial charge is 0.408 e. The number of nitrogens with zero attached hydrogens (tertiary/aromatic N) is 1. The number of alkyl halides is 3. The van der Waals surface area contributed by atoms with Gasteiger partial charge in [0.05, 0.1) is 0 Å². The molecule has 0 spiro atoms. The lowest BCUT2D eigenvalue weighted by Crippen LogP contribution is -2.49. The van der Waals surface area contributed by atoms with Crippen molar-refractivity contribution in [3.05, 3.63) is 29.1 Å². The van der Waals surface area contributed by atoms with Gasteiger partial charge >= 0.3 is 6.18 Å². The fraction of sp³-hybridized carbons (Fsp3) is 0.538. The molecule has 0 saturated carbocycles. The maximum absolute atomic E-state index is 13.5. The van der Waals surface area contributed by atoms with Crippen LogP contribution in [-0.4, -0.2) is 42.4 Å². The Labute approximate surface area is 114 Å². The highest BCUT2D eigenvalue weighted by Crippen LogP contribution is 2.42. The zero-order valence-corrected chi connectivity index (χ0v) is 11.0. The first-order chi connectivity index (χ1) is 9.30. The van der Waals surface area contributed by atoms with Crippen LogP contribution < -0.4 is 5.32 Å². The van der Waals surface area contributed by atoms with Gasteiger partial charge in [-0.3, -0.25) is 4.90 Å². The number of piperazine rings is 1. The summed E-state index contributed by atoms with van der Waals surface area (Å²) in [4.78, 5) is 1.21. The standard InChI is InChI=1S/C13H16F4N2O/c1-8-6-9(11(20)10(14)7-8)12(13(15,16)17)19-4-2-18-3-5-19/h6-7,12,18,20H,2-5H2,1H3/t12-/m0/s1. The highest BCUT2D eigenvalue weighted by atomic mass is 19.4. The van der Waals surface area contributed by atoms with Gasteiger partial charge in [-0.2, -0.15) is 13.2 Å². The van der Waals surface area contributed by atoms with Crippen molar-refractivity contribution >= 4 is 0 Å². The Morgan fingerprint density at radius 2 is 1.85 bits per heavy atom. The highest BCUT2D eigenvalue weighted by Gasteiger charge is 2.46. The lowest BCUT2D eigenvalue weighted by atomic mass is 10.00. The van der Waals surface area contributed by atoms with Crippen LogP contribution in [0.1, 0.15) is 17.2 Å². The van der Waals surface area contributed by atoms with Crippen LogP contribution in [0.25, 0.3) is 0 Å². The predicted molar refractivity (Wildman–Crippen MR) is 66.0 cm³/mol. The van der Waals surface area contributed by atoms with Crippen molar-refractivity contribution in [1.82, 2.24) is 10.2 Å². The van der Waals surface area contributed by atoms with Crippen LogP contribution in [0.15, 0.2) is 12.1 Å². The van der Waals surface area contributed by atoms with Crippen molar-refractivity contribution in [2.75, 3.05) is 26.2 Å². The second-order valence-electron chi connectivity index (χ2n) is 4.91. The number of aryl methyl sites for hydroxylation is 1. The van der Waals surface area contributed by atoms with Gasteiger partial charge in [-0.05, 0) is 18.6 Å². The molecule has 1 aromatic carbocycles. The Hall–Kier alpha value is -1.34. The van der Waals surface area contributed by atoms with Gasteiger partial charge in [-0.1, -0.05) is 6.07 Å². The monoisotopic (exact) mass is 292 g/mol. The molecule has 1 atom stereocenters. The van der Waals surface area contributed by atoms with Gasteiger partial charge in [0.1, 0.15) is 6.04 Å². The molecule has 1 fully saturated rings. The molecule has 1 aliphatic rings. The zero-order valence-electron chi connectivity index (χ0n) is 11.0. The maximum atomic E-state index is 13.5. The molecule has 0 radical (unpaired) electrons. The van der Waals surface area contributed by atoms with Crippen molar-refractivity contribution in [2.45, 2.75) is 19.1 Å². The summed E-state index contributed by atoms with van der Waals surface area (Å²) in [5.41, 5.74) is -0.0726. The molecule has 112 valence electrons. The van der Waals surface area contributed by atoms with Crippen LogP contribution in [0.3, 0.4) is 0 Å². The van der Waals surface area contributed by atoms with E-state index in [0.29, 0.717) is 18.7 Å². The molecule has 1 heterocycles. The molecule has 7 heteroatoms. The molecular weight excluding hydrogens is 276 g/mol. The lowest BCUT2D eigenvalue weighted by Gasteiger charge is -2.36. The largest absolute Gasteiger partial charge is 0.505 e. The van der Waals surface area contributed by atoms with E-state index in [1.807, 2.05) is 0 Å². The van der Waals surface area contributed by atoms with Gasteiger partial charge in [0, 0.05) is 31.7 Å². The minimum atomic E-state index is -4.57. The third-order valence-corrected chi connectivity index (χ3v) is 3.36. The molecule has 1 saturated heterocycles. The molecular formula is C13H16F4N2O. The van der Waals surface area contributed by atoms with Crippen LogP contribution in [0.5, 0.6) is 5.75 Å². The van der Waals surface area contributed by atoms with Crippen molar-refractivity contribution in [3.63, 3.8) is 0 Å². The third kappa shape index (κ3) is 3.04. The van der Waals surface area contributed by atoms with E-state index in [0.717, 1.165) is 6.07 Å². The number of benzene rings is 1. The Balaban J connectivity index is 2.46. The number of hydrogen-bond donors (Lipinski definition) is 2.